The number of amides is 1. The fraction of sp³-hybridized carbons (Fsp3) is 0.0625. The lowest BCUT2D eigenvalue weighted by atomic mass is 10.1. The van der Waals surface area contributed by atoms with Crippen molar-refractivity contribution in [2.45, 2.75) is 6.61 Å². The van der Waals surface area contributed by atoms with Crippen LogP contribution in [0.15, 0.2) is 30.3 Å². The molecule has 7 nitrogen and oxygen atoms in total. The number of nitrogens with one attached hydrogen (secondary N) is 1. The molecule has 0 bridgehead atoms. The van der Waals surface area contributed by atoms with Gasteiger partial charge in [-0.1, -0.05) is 30.3 Å². The van der Waals surface area contributed by atoms with Crippen LogP contribution in [-0.2, 0) is 11.3 Å². The van der Waals surface area contributed by atoms with E-state index in [4.69, 9.17) is 4.74 Å². The molecule has 0 aliphatic heterocycles. The molecule has 10 heteroatoms. The van der Waals surface area contributed by atoms with E-state index in [0.29, 0.717) is 0 Å². The van der Waals surface area contributed by atoms with Crippen LogP contribution in [0, 0.1) is 10.7 Å². The number of carbonyl (C=O) groups excluding carboxylic acids is 1. The van der Waals surface area contributed by atoms with E-state index in [-0.39, 0.29) is 34.1 Å². The molecule has 0 radical (unpaired) electrons. The van der Waals surface area contributed by atoms with Gasteiger partial charge in [-0.15, -0.1) is 0 Å². The molecule has 0 unspecified atom stereocenters. The van der Waals surface area contributed by atoms with E-state index >= 15 is 0 Å². The van der Waals surface area contributed by atoms with Crippen molar-refractivity contribution in [2.75, 3.05) is 5.32 Å². The third-order valence-electron chi connectivity index (χ3n) is 3.18. The Balaban J connectivity index is 2.34. The summed E-state index contributed by atoms with van der Waals surface area (Å²) in [4.78, 5) is 35.2. The number of anilines is 1. The molecule has 0 atom stereocenters. The van der Waals surface area contributed by atoms with Crippen LogP contribution in [0.4, 0.5) is 10.5 Å². The summed E-state index contributed by atoms with van der Waals surface area (Å²) in [5.41, 5.74) is 0.524. The number of carboxylic acids is 2. The molecule has 3 N–H and O–H groups in total. The molecule has 0 spiro atoms. The van der Waals surface area contributed by atoms with E-state index in [1.54, 1.807) is 92.0 Å². The van der Waals surface area contributed by atoms with E-state index in [1.807, 2.05) is 6.07 Å². The molecule has 0 aromatic heterocycles. The molecule has 136 valence electrons. The van der Waals surface area contributed by atoms with Gasteiger partial charge in [-0.2, -0.15) is 0 Å². The van der Waals surface area contributed by atoms with Gasteiger partial charge in [0.15, 0.2) is 0 Å². The van der Waals surface area contributed by atoms with E-state index < -0.39 is 18.0 Å². The largest absolute Gasteiger partial charge is 0.478 e. The summed E-state index contributed by atoms with van der Waals surface area (Å²) in [5.74, 6) is -2.56. The Morgan fingerprint density at radius 1 is 0.885 bits per heavy atom. The number of carboxylic acid groups (broad SMARTS) is 2. The van der Waals surface area contributed by atoms with Gasteiger partial charge in [0.1, 0.15) is 6.61 Å². The molecule has 2 rings (SSSR count). The highest BCUT2D eigenvalue weighted by Gasteiger charge is 2.28. The second-order valence-corrected chi connectivity index (χ2v) is 8.10. The average Bonchev–Trinajstić information content (AvgIpc) is 2.57. The topological polar surface area (TPSA) is 113 Å². The first-order valence-corrected chi connectivity index (χ1v) is 10.1. The minimum Gasteiger partial charge on any atom is -0.478 e. The Bertz CT molecular complexity index is 844. The fourth-order valence-corrected chi connectivity index (χ4v) is 6.37. The summed E-state index contributed by atoms with van der Waals surface area (Å²) < 4.78 is 5.67. The zero-order valence-corrected chi connectivity index (χ0v) is 19.2. The first-order valence-electron chi connectivity index (χ1n) is 6.88. The molecule has 0 fully saturated rings. The zero-order valence-electron chi connectivity index (χ0n) is 12.8. The van der Waals surface area contributed by atoms with E-state index in [2.05, 4.69) is 5.32 Å². The van der Waals surface area contributed by atoms with Gasteiger partial charge in [-0.05, 0) is 73.3 Å². The van der Waals surface area contributed by atoms with Crippen molar-refractivity contribution in [2.24, 2.45) is 0 Å². The van der Waals surface area contributed by atoms with Gasteiger partial charge in [-0.3, -0.25) is 5.32 Å². The molecule has 2 aromatic carbocycles. The monoisotopic (exact) mass is 693 g/mol. The molecule has 0 saturated heterocycles. The molecule has 0 aliphatic rings. The maximum absolute atomic E-state index is 12.1. The predicted octanol–water partition coefficient (Wildman–Crippen LogP) is 4.65. The Labute approximate surface area is 188 Å². The summed E-state index contributed by atoms with van der Waals surface area (Å²) in [7, 11) is 0. The predicted molar refractivity (Wildman–Crippen MR) is 119 cm³/mol. The van der Waals surface area contributed by atoms with E-state index in [1.165, 1.54) is 0 Å². The Kier molecular flexibility index (Phi) is 7.45. The number of carbonyl (C=O) groups is 3. The standard InChI is InChI=1S/C16H10I3NO6/c17-10-8(14(21)22)11(18)13(12(19)9(10)15(23)24)20-16(25)26-6-7-4-2-1-3-5-7/h1-5H,6H2,(H,20,25)(H,21,22)(H,23,24). The van der Waals surface area contributed by atoms with Crippen molar-refractivity contribution in [3.8, 4) is 0 Å². The molecular formula is C16H10I3NO6. The SMILES string of the molecule is O=C(Nc1c(I)c(C(=O)O)c(I)c(C(=O)O)c1I)OCc1ccccc1. The van der Waals surface area contributed by atoms with Crippen LogP contribution >= 0.6 is 67.8 Å². The zero-order chi connectivity index (χ0) is 19.4. The summed E-state index contributed by atoms with van der Waals surface area (Å²) in [5, 5.41) is 21.3. The fourth-order valence-electron chi connectivity index (χ4n) is 2.01. The highest BCUT2D eigenvalue weighted by Crippen LogP contribution is 2.35. The number of benzene rings is 2. The molecule has 0 heterocycles. The number of hydrogen-bond acceptors (Lipinski definition) is 4. The maximum atomic E-state index is 12.1. The van der Waals surface area contributed by atoms with E-state index in [9.17, 15) is 24.6 Å². The third-order valence-corrected chi connectivity index (χ3v) is 6.42. The van der Waals surface area contributed by atoms with Gasteiger partial charge < -0.3 is 14.9 Å². The Morgan fingerprint density at radius 3 is 1.85 bits per heavy atom. The lowest BCUT2D eigenvalue weighted by molar-refractivity contribution is 0.0693. The number of aromatic carboxylic acids is 2. The molecule has 1 amide bonds. The highest BCUT2D eigenvalue weighted by atomic mass is 127. The van der Waals surface area contributed by atoms with Gasteiger partial charge in [0.05, 0.1) is 24.0 Å². The lowest BCUT2D eigenvalue weighted by Gasteiger charge is -2.16. The van der Waals surface area contributed by atoms with Crippen LogP contribution in [0.1, 0.15) is 26.3 Å². The van der Waals surface area contributed by atoms with Crippen molar-refractivity contribution in [3.05, 3.63) is 57.7 Å². The highest BCUT2D eigenvalue weighted by molar-refractivity contribution is 14.1. The molecule has 0 saturated carbocycles. The minimum atomic E-state index is -1.28. The van der Waals surface area contributed by atoms with Crippen molar-refractivity contribution in [3.63, 3.8) is 0 Å². The third kappa shape index (κ3) is 4.76. The number of ether oxygens (including phenoxy) is 1. The van der Waals surface area contributed by atoms with E-state index in [0.717, 1.165) is 5.56 Å². The molecular weight excluding hydrogens is 683 g/mol. The maximum Gasteiger partial charge on any atom is 0.412 e. The first kappa shape index (κ1) is 21.1. The van der Waals surface area contributed by atoms with Gasteiger partial charge in [0, 0.05) is 3.57 Å². The van der Waals surface area contributed by atoms with Crippen LogP contribution in [0.3, 0.4) is 0 Å². The molecule has 2 aromatic rings. The Hall–Kier alpha value is -1.16. The summed E-state index contributed by atoms with van der Waals surface area (Å²) in [6, 6.07) is 9.02. The first-order chi connectivity index (χ1) is 12.2. The Morgan fingerprint density at radius 2 is 1.38 bits per heavy atom. The summed E-state index contributed by atoms with van der Waals surface area (Å²) >= 11 is 5.22. The van der Waals surface area contributed by atoms with Crippen molar-refractivity contribution in [1.82, 2.24) is 0 Å². The van der Waals surface area contributed by atoms with Crippen LogP contribution in [0.2, 0.25) is 0 Å². The second kappa shape index (κ2) is 9.16. The van der Waals surface area contributed by atoms with Crippen molar-refractivity contribution >= 4 is 91.5 Å². The number of halogens is 3. The summed E-state index contributed by atoms with van der Waals surface area (Å²) in [6.07, 6.45) is -0.807. The van der Waals surface area contributed by atoms with Crippen molar-refractivity contribution < 1.29 is 29.3 Å². The van der Waals surface area contributed by atoms with Gasteiger partial charge in [0.25, 0.3) is 0 Å². The van der Waals surface area contributed by atoms with Crippen LogP contribution < -0.4 is 5.32 Å². The van der Waals surface area contributed by atoms with Gasteiger partial charge >= 0.3 is 18.0 Å². The normalized spacial score (nSPS) is 10.3. The number of rotatable bonds is 5. The molecule has 0 aliphatic carbocycles. The van der Waals surface area contributed by atoms with Crippen LogP contribution in [0.5, 0.6) is 0 Å². The molecule has 26 heavy (non-hydrogen) atoms. The minimum absolute atomic E-state index is 0.0295. The van der Waals surface area contributed by atoms with Gasteiger partial charge in [-0.25, -0.2) is 14.4 Å². The van der Waals surface area contributed by atoms with Crippen LogP contribution in [-0.4, -0.2) is 28.2 Å². The van der Waals surface area contributed by atoms with Crippen molar-refractivity contribution in [1.29, 1.82) is 0 Å². The summed E-state index contributed by atoms with van der Waals surface area (Å²) in [6.45, 7) is 0.0295. The average molecular weight is 693 g/mol. The second-order valence-electron chi connectivity index (χ2n) is 4.86. The van der Waals surface area contributed by atoms with Gasteiger partial charge in [0.2, 0.25) is 0 Å². The lowest BCUT2D eigenvalue weighted by Crippen LogP contribution is -2.20. The number of hydrogen-bond donors (Lipinski definition) is 3. The smallest absolute Gasteiger partial charge is 0.412 e. The van der Waals surface area contributed by atoms with Crippen LogP contribution in [0.25, 0.3) is 0 Å². The quantitative estimate of drug-likeness (QED) is 0.394.